The minimum absolute atomic E-state index is 0.0194. The molecule has 90 valence electrons. The average molecular weight is 241 g/mol. The molecule has 5 heteroatoms. The zero-order valence-corrected chi connectivity index (χ0v) is 10.9. The highest BCUT2D eigenvalue weighted by Crippen LogP contribution is 2.06. The van der Waals surface area contributed by atoms with Crippen LogP contribution in [0.2, 0.25) is 0 Å². The second kappa shape index (κ2) is 6.60. The maximum atomic E-state index is 11.4. The summed E-state index contributed by atoms with van der Waals surface area (Å²) in [5, 5.41) is 8.98. The Balaban J connectivity index is 2.20. The van der Waals surface area contributed by atoms with Gasteiger partial charge >= 0.3 is 0 Å². The number of nitrogens with zero attached hydrogens (tertiary/aromatic N) is 1. The van der Waals surface area contributed by atoms with Crippen molar-refractivity contribution in [3.63, 3.8) is 0 Å². The fourth-order valence-electron chi connectivity index (χ4n) is 1.15. The Morgan fingerprint density at radius 2 is 2.38 bits per heavy atom. The van der Waals surface area contributed by atoms with Gasteiger partial charge in [0.15, 0.2) is 0 Å². The van der Waals surface area contributed by atoms with Gasteiger partial charge in [-0.3, -0.25) is 4.79 Å². The molecule has 1 atom stereocenters. The SMILES string of the molecule is CCC(C)NCC(=O)NCc1csc(C)n1. The minimum atomic E-state index is 0.0194. The smallest absolute Gasteiger partial charge is 0.234 e. The summed E-state index contributed by atoms with van der Waals surface area (Å²) < 4.78 is 0. The Morgan fingerprint density at radius 1 is 1.62 bits per heavy atom. The van der Waals surface area contributed by atoms with Crippen molar-refractivity contribution in [1.82, 2.24) is 15.6 Å². The van der Waals surface area contributed by atoms with E-state index in [1.54, 1.807) is 11.3 Å². The van der Waals surface area contributed by atoms with Crippen LogP contribution >= 0.6 is 11.3 Å². The Kier molecular flexibility index (Phi) is 5.42. The van der Waals surface area contributed by atoms with Gasteiger partial charge in [-0.1, -0.05) is 6.92 Å². The van der Waals surface area contributed by atoms with Gasteiger partial charge in [0.1, 0.15) is 0 Å². The largest absolute Gasteiger partial charge is 0.349 e. The molecule has 16 heavy (non-hydrogen) atoms. The summed E-state index contributed by atoms with van der Waals surface area (Å²) in [6, 6.07) is 0.382. The van der Waals surface area contributed by atoms with Gasteiger partial charge in [0.2, 0.25) is 5.91 Å². The fourth-order valence-corrected chi connectivity index (χ4v) is 1.76. The number of hydrogen-bond donors (Lipinski definition) is 2. The lowest BCUT2D eigenvalue weighted by atomic mass is 10.2. The van der Waals surface area contributed by atoms with Crippen molar-refractivity contribution in [3.8, 4) is 0 Å². The first-order valence-corrected chi connectivity index (χ1v) is 6.41. The standard InChI is InChI=1S/C11H19N3OS/c1-4-8(2)12-6-11(15)13-5-10-7-16-9(3)14-10/h7-8,12H,4-6H2,1-3H3,(H,13,15). The highest BCUT2D eigenvalue weighted by molar-refractivity contribution is 7.09. The molecule has 0 bridgehead atoms. The van der Waals surface area contributed by atoms with E-state index in [4.69, 9.17) is 0 Å². The maximum Gasteiger partial charge on any atom is 0.234 e. The molecule has 0 saturated carbocycles. The normalized spacial score (nSPS) is 12.4. The minimum Gasteiger partial charge on any atom is -0.349 e. The van der Waals surface area contributed by atoms with Crippen molar-refractivity contribution >= 4 is 17.2 Å². The molecule has 1 rings (SSSR count). The van der Waals surface area contributed by atoms with Crippen LogP contribution in [0.3, 0.4) is 0 Å². The monoisotopic (exact) mass is 241 g/mol. The van der Waals surface area contributed by atoms with Crippen molar-refractivity contribution < 1.29 is 4.79 Å². The predicted molar refractivity (Wildman–Crippen MR) is 66.5 cm³/mol. The van der Waals surface area contributed by atoms with Crippen LogP contribution in [-0.2, 0) is 11.3 Å². The Labute approximate surface area is 100 Å². The summed E-state index contributed by atoms with van der Waals surface area (Å²) in [6.45, 7) is 7.01. The number of hydrogen-bond acceptors (Lipinski definition) is 4. The van der Waals surface area contributed by atoms with Crippen LogP contribution in [0.5, 0.6) is 0 Å². The first-order chi connectivity index (χ1) is 7.61. The van der Waals surface area contributed by atoms with Gasteiger partial charge < -0.3 is 10.6 Å². The summed E-state index contributed by atoms with van der Waals surface area (Å²) in [6.07, 6.45) is 1.03. The van der Waals surface area contributed by atoms with Crippen LogP contribution in [0.25, 0.3) is 0 Å². The molecular formula is C11H19N3OS. The van der Waals surface area contributed by atoms with Gasteiger partial charge in [0.05, 0.1) is 23.8 Å². The number of thiazole rings is 1. The maximum absolute atomic E-state index is 11.4. The van der Waals surface area contributed by atoms with Gasteiger partial charge in [0.25, 0.3) is 0 Å². The Hall–Kier alpha value is -0.940. The molecule has 1 heterocycles. The molecule has 0 saturated heterocycles. The molecule has 0 spiro atoms. The van der Waals surface area contributed by atoms with E-state index in [1.807, 2.05) is 12.3 Å². The third-order valence-corrected chi connectivity index (χ3v) is 3.18. The molecule has 1 amide bonds. The number of aryl methyl sites for hydroxylation is 1. The van der Waals surface area contributed by atoms with Crippen LogP contribution in [0.1, 0.15) is 31.0 Å². The summed E-state index contributed by atoms with van der Waals surface area (Å²) in [7, 11) is 0. The summed E-state index contributed by atoms with van der Waals surface area (Å²) >= 11 is 1.60. The number of amides is 1. The molecule has 2 N–H and O–H groups in total. The lowest BCUT2D eigenvalue weighted by molar-refractivity contribution is -0.120. The van der Waals surface area contributed by atoms with Gasteiger partial charge in [0, 0.05) is 11.4 Å². The highest BCUT2D eigenvalue weighted by Gasteiger charge is 2.04. The zero-order chi connectivity index (χ0) is 12.0. The third-order valence-electron chi connectivity index (χ3n) is 2.36. The van der Waals surface area contributed by atoms with Crippen molar-refractivity contribution in [2.45, 2.75) is 39.8 Å². The summed E-state index contributed by atoms with van der Waals surface area (Å²) in [5.74, 6) is 0.0194. The molecule has 0 aliphatic carbocycles. The van der Waals surface area contributed by atoms with Crippen LogP contribution < -0.4 is 10.6 Å². The highest BCUT2D eigenvalue weighted by atomic mass is 32.1. The molecule has 1 aromatic rings. The molecule has 4 nitrogen and oxygen atoms in total. The number of carbonyl (C=O) groups excluding carboxylic acids is 1. The topological polar surface area (TPSA) is 54.0 Å². The lowest BCUT2D eigenvalue weighted by Gasteiger charge is -2.10. The summed E-state index contributed by atoms with van der Waals surface area (Å²) in [4.78, 5) is 15.7. The van der Waals surface area contributed by atoms with Crippen molar-refractivity contribution in [2.24, 2.45) is 0 Å². The lowest BCUT2D eigenvalue weighted by Crippen LogP contribution is -2.37. The first-order valence-electron chi connectivity index (χ1n) is 5.53. The number of nitrogens with one attached hydrogen (secondary N) is 2. The summed E-state index contributed by atoms with van der Waals surface area (Å²) in [5.41, 5.74) is 0.930. The van der Waals surface area contributed by atoms with Gasteiger partial charge in [-0.25, -0.2) is 4.98 Å². The number of aromatic nitrogens is 1. The van der Waals surface area contributed by atoms with Crippen molar-refractivity contribution in [3.05, 3.63) is 16.1 Å². The zero-order valence-electron chi connectivity index (χ0n) is 10.0. The van der Waals surface area contributed by atoms with E-state index in [2.05, 4.69) is 29.5 Å². The second-order valence-corrected chi connectivity index (χ2v) is 4.89. The van der Waals surface area contributed by atoms with E-state index >= 15 is 0 Å². The van der Waals surface area contributed by atoms with E-state index in [-0.39, 0.29) is 5.91 Å². The van der Waals surface area contributed by atoms with Crippen molar-refractivity contribution in [1.29, 1.82) is 0 Å². The second-order valence-electron chi connectivity index (χ2n) is 3.82. The van der Waals surface area contributed by atoms with Gasteiger partial charge in [-0.2, -0.15) is 0 Å². The van der Waals surface area contributed by atoms with E-state index in [0.717, 1.165) is 17.1 Å². The van der Waals surface area contributed by atoms with Crippen molar-refractivity contribution in [2.75, 3.05) is 6.54 Å². The number of rotatable bonds is 6. The number of carbonyl (C=O) groups is 1. The van der Waals surface area contributed by atoms with E-state index < -0.39 is 0 Å². The van der Waals surface area contributed by atoms with Gasteiger partial charge in [-0.15, -0.1) is 11.3 Å². The van der Waals surface area contributed by atoms with Crippen LogP contribution in [0, 0.1) is 6.92 Å². The average Bonchev–Trinajstić information content (AvgIpc) is 2.69. The third kappa shape index (κ3) is 4.72. The molecular weight excluding hydrogens is 222 g/mol. The van der Waals surface area contributed by atoms with Gasteiger partial charge in [-0.05, 0) is 20.3 Å². The van der Waals surface area contributed by atoms with E-state index in [9.17, 15) is 4.79 Å². The van der Waals surface area contributed by atoms with Crippen LogP contribution in [0.15, 0.2) is 5.38 Å². The molecule has 0 aromatic carbocycles. The molecule has 0 aliphatic rings. The molecule has 1 unspecified atom stereocenters. The Bertz CT molecular complexity index is 338. The fraction of sp³-hybridized carbons (Fsp3) is 0.636. The van der Waals surface area contributed by atoms with Crippen LogP contribution in [0.4, 0.5) is 0 Å². The predicted octanol–water partition coefficient (Wildman–Crippen LogP) is 1.46. The first kappa shape index (κ1) is 13.1. The molecule has 1 aromatic heterocycles. The van der Waals surface area contributed by atoms with Crippen LogP contribution in [-0.4, -0.2) is 23.5 Å². The molecule has 0 aliphatic heterocycles. The molecule has 0 radical (unpaired) electrons. The molecule has 0 fully saturated rings. The van der Waals surface area contributed by atoms with E-state index in [1.165, 1.54) is 0 Å². The Morgan fingerprint density at radius 3 is 2.94 bits per heavy atom. The van der Waals surface area contributed by atoms with E-state index in [0.29, 0.717) is 19.1 Å². The quantitative estimate of drug-likeness (QED) is 0.792.